The molecule has 0 saturated carbocycles. The number of ether oxygens (including phenoxy) is 2. The van der Waals surface area contributed by atoms with Gasteiger partial charge in [0.1, 0.15) is 5.75 Å². The Bertz CT molecular complexity index is 406. The van der Waals surface area contributed by atoms with Crippen LogP contribution in [0, 0.1) is 0 Å². The molecule has 1 atom stereocenters. The van der Waals surface area contributed by atoms with Crippen molar-refractivity contribution in [3.63, 3.8) is 0 Å². The standard InChI is InChI=1S/C15H25NO3/c1-14(2,19-5)10-15(3,11-17)16-12-8-6-7-9-13(12)18-4/h6-9,16-17H,10-11H2,1-5H3. The van der Waals surface area contributed by atoms with E-state index in [9.17, 15) is 5.11 Å². The van der Waals surface area contributed by atoms with E-state index in [0.717, 1.165) is 11.4 Å². The fourth-order valence-corrected chi connectivity index (χ4v) is 2.22. The van der Waals surface area contributed by atoms with Crippen LogP contribution in [0.2, 0.25) is 0 Å². The van der Waals surface area contributed by atoms with Gasteiger partial charge in [0.2, 0.25) is 0 Å². The first kappa shape index (κ1) is 15.8. The first-order chi connectivity index (χ1) is 8.86. The molecule has 0 saturated heterocycles. The largest absolute Gasteiger partial charge is 0.495 e. The minimum atomic E-state index is -0.478. The zero-order chi connectivity index (χ0) is 14.5. The molecule has 1 rings (SSSR count). The fourth-order valence-electron chi connectivity index (χ4n) is 2.22. The summed E-state index contributed by atoms with van der Waals surface area (Å²) < 4.78 is 10.8. The average molecular weight is 267 g/mol. The van der Waals surface area contributed by atoms with Gasteiger partial charge >= 0.3 is 0 Å². The van der Waals surface area contributed by atoms with Gasteiger partial charge in [0.15, 0.2) is 0 Å². The van der Waals surface area contributed by atoms with Crippen LogP contribution in [0.1, 0.15) is 27.2 Å². The Balaban J connectivity index is 2.91. The number of methoxy groups -OCH3 is 2. The summed E-state index contributed by atoms with van der Waals surface area (Å²) in [5.74, 6) is 0.761. The van der Waals surface area contributed by atoms with Gasteiger partial charge in [0, 0.05) is 13.5 Å². The van der Waals surface area contributed by atoms with Crippen LogP contribution in [0.15, 0.2) is 24.3 Å². The number of nitrogens with one attached hydrogen (secondary N) is 1. The molecule has 4 heteroatoms. The van der Waals surface area contributed by atoms with Gasteiger partial charge < -0.3 is 19.9 Å². The second kappa shape index (κ2) is 6.26. The van der Waals surface area contributed by atoms with E-state index in [-0.39, 0.29) is 12.2 Å². The number of hydrogen-bond acceptors (Lipinski definition) is 4. The molecular formula is C15H25NO3. The van der Waals surface area contributed by atoms with Crippen molar-refractivity contribution in [1.29, 1.82) is 0 Å². The number of aliphatic hydroxyl groups excluding tert-OH is 1. The highest BCUT2D eigenvalue weighted by Crippen LogP contribution is 2.31. The Morgan fingerprint density at radius 3 is 2.32 bits per heavy atom. The maximum Gasteiger partial charge on any atom is 0.141 e. The molecule has 1 aromatic carbocycles. The molecule has 0 bridgehead atoms. The van der Waals surface area contributed by atoms with Gasteiger partial charge in [-0.3, -0.25) is 0 Å². The van der Waals surface area contributed by atoms with Crippen LogP contribution < -0.4 is 10.1 Å². The van der Waals surface area contributed by atoms with E-state index < -0.39 is 5.54 Å². The molecule has 2 N–H and O–H groups in total. The molecule has 0 heterocycles. The maximum atomic E-state index is 9.71. The van der Waals surface area contributed by atoms with E-state index in [1.165, 1.54) is 0 Å². The van der Waals surface area contributed by atoms with Crippen LogP contribution in [0.25, 0.3) is 0 Å². The lowest BCUT2D eigenvalue weighted by molar-refractivity contribution is -0.00534. The molecule has 0 spiro atoms. The van der Waals surface area contributed by atoms with Gasteiger partial charge in [-0.1, -0.05) is 12.1 Å². The quantitative estimate of drug-likeness (QED) is 0.797. The van der Waals surface area contributed by atoms with Gasteiger partial charge in [0.25, 0.3) is 0 Å². The van der Waals surface area contributed by atoms with Crippen molar-refractivity contribution >= 4 is 5.69 Å². The first-order valence-electron chi connectivity index (χ1n) is 6.43. The van der Waals surface area contributed by atoms with Crippen molar-refractivity contribution < 1.29 is 14.6 Å². The Hall–Kier alpha value is -1.26. The second-order valence-corrected chi connectivity index (χ2v) is 5.68. The molecule has 0 aliphatic heterocycles. The lowest BCUT2D eigenvalue weighted by Crippen LogP contribution is -2.45. The third kappa shape index (κ3) is 4.40. The Morgan fingerprint density at radius 2 is 1.79 bits per heavy atom. The van der Waals surface area contributed by atoms with Crippen LogP contribution >= 0.6 is 0 Å². The van der Waals surface area contributed by atoms with Gasteiger partial charge in [0.05, 0.1) is 30.5 Å². The summed E-state index contributed by atoms with van der Waals surface area (Å²) in [6.07, 6.45) is 0.672. The van der Waals surface area contributed by atoms with Crippen molar-refractivity contribution in [1.82, 2.24) is 0 Å². The predicted molar refractivity (Wildman–Crippen MR) is 77.8 cm³/mol. The van der Waals surface area contributed by atoms with Crippen LogP contribution in [0.5, 0.6) is 5.75 Å². The van der Waals surface area contributed by atoms with Gasteiger partial charge in [-0.2, -0.15) is 0 Å². The summed E-state index contributed by atoms with van der Waals surface area (Å²) in [4.78, 5) is 0. The summed E-state index contributed by atoms with van der Waals surface area (Å²) in [6, 6.07) is 7.68. The number of benzene rings is 1. The van der Waals surface area contributed by atoms with Gasteiger partial charge in [-0.05, 0) is 32.9 Å². The topological polar surface area (TPSA) is 50.7 Å². The monoisotopic (exact) mass is 267 g/mol. The molecule has 0 aliphatic carbocycles. The molecule has 1 aromatic rings. The van der Waals surface area contributed by atoms with Crippen LogP contribution in [0.4, 0.5) is 5.69 Å². The molecule has 19 heavy (non-hydrogen) atoms. The van der Waals surface area contributed by atoms with Crippen LogP contribution in [0.3, 0.4) is 0 Å². The minimum Gasteiger partial charge on any atom is -0.495 e. The Kier molecular flexibility index (Phi) is 5.20. The van der Waals surface area contributed by atoms with E-state index in [1.807, 2.05) is 45.0 Å². The van der Waals surface area contributed by atoms with E-state index in [0.29, 0.717) is 6.42 Å². The number of anilines is 1. The Morgan fingerprint density at radius 1 is 1.16 bits per heavy atom. The average Bonchev–Trinajstić information content (AvgIpc) is 2.38. The molecule has 4 nitrogen and oxygen atoms in total. The molecule has 0 fully saturated rings. The smallest absolute Gasteiger partial charge is 0.141 e. The zero-order valence-corrected chi connectivity index (χ0v) is 12.5. The highest BCUT2D eigenvalue weighted by Gasteiger charge is 2.32. The first-order valence-corrected chi connectivity index (χ1v) is 6.43. The van der Waals surface area contributed by atoms with Crippen molar-refractivity contribution in [2.24, 2.45) is 0 Å². The lowest BCUT2D eigenvalue weighted by atomic mass is 9.88. The summed E-state index contributed by atoms with van der Waals surface area (Å²) >= 11 is 0. The molecule has 0 amide bonds. The molecule has 0 aromatic heterocycles. The predicted octanol–water partition coefficient (Wildman–Crippen LogP) is 2.67. The highest BCUT2D eigenvalue weighted by atomic mass is 16.5. The van der Waals surface area contributed by atoms with E-state index in [2.05, 4.69) is 5.32 Å². The maximum absolute atomic E-state index is 9.71. The van der Waals surface area contributed by atoms with Crippen molar-refractivity contribution in [3.8, 4) is 5.75 Å². The number of rotatable bonds is 7. The number of aliphatic hydroxyl groups is 1. The number of hydrogen-bond donors (Lipinski definition) is 2. The zero-order valence-electron chi connectivity index (χ0n) is 12.5. The molecule has 108 valence electrons. The molecule has 0 radical (unpaired) electrons. The van der Waals surface area contributed by atoms with Crippen LogP contribution in [-0.2, 0) is 4.74 Å². The van der Waals surface area contributed by atoms with Gasteiger partial charge in [-0.25, -0.2) is 0 Å². The number of para-hydroxylation sites is 2. The third-order valence-electron chi connectivity index (χ3n) is 3.26. The summed E-state index contributed by atoms with van der Waals surface area (Å²) in [6.45, 7) is 5.99. The van der Waals surface area contributed by atoms with Crippen LogP contribution in [-0.4, -0.2) is 37.1 Å². The van der Waals surface area contributed by atoms with Gasteiger partial charge in [-0.15, -0.1) is 0 Å². The van der Waals surface area contributed by atoms with E-state index in [4.69, 9.17) is 9.47 Å². The second-order valence-electron chi connectivity index (χ2n) is 5.68. The third-order valence-corrected chi connectivity index (χ3v) is 3.26. The normalized spacial score (nSPS) is 14.8. The fraction of sp³-hybridized carbons (Fsp3) is 0.600. The minimum absolute atomic E-state index is 0.0117. The summed E-state index contributed by atoms with van der Waals surface area (Å²) in [7, 11) is 3.32. The summed E-state index contributed by atoms with van der Waals surface area (Å²) in [5, 5.41) is 13.1. The van der Waals surface area contributed by atoms with Crippen molar-refractivity contribution in [2.45, 2.75) is 38.3 Å². The SMILES string of the molecule is COc1ccccc1NC(C)(CO)CC(C)(C)OC. The Labute approximate surface area is 115 Å². The lowest BCUT2D eigenvalue weighted by Gasteiger charge is -2.37. The van der Waals surface area contributed by atoms with E-state index in [1.54, 1.807) is 14.2 Å². The van der Waals surface area contributed by atoms with E-state index >= 15 is 0 Å². The summed E-state index contributed by atoms with van der Waals surface area (Å²) in [5.41, 5.74) is 0.0779. The van der Waals surface area contributed by atoms with Crippen molar-refractivity contribution in [2.75, 3.05) is 26.1 Å². The molecule has 0 aliphatic rings. The highest BCUT2D eigenvalue weighted by molar-refractivity contribution is 5.57. The van der Waals surface area contributed by atoms with Crippen molar-refractivity contribution in [3.05, 3.63) is 24.3 Å². The molecule has 1 unspecified atom stereocenters. The molecular weight excluding hydrogens is 242 g/mol.